The van der Waals surface area contributed by atoms with Crippen molar-refractivity contribution >= 4 is 23.2 Å². The van der Waals surface area contributed by atoms with Crippen LogP contribution in [0.2, 0.25) is 0 Å². The van der Waals surface area contributed by atoms with Crippen LogP contribution in [0.25, 0.3) is 10.4 Å². The first-order chi connectivity index (χ1) is 12.5. The molecular weight excluding hydrogens is 348 g/mol. The van der Waals surface area contributed by atoms with E-state index >= 15 is 0 Å². The first kappa shape index (κ1) is 17.1. The van der Waals surface area contributed by atoms with Crippen molar-refractivity contribution in [2.45, 2.75) is 20.5 Å². The molecule has 0 radical (unpaired) electrons. The number of carbonyl (C=O) groups is 2. The molecule has 0 aliphatic carbocycles. The fourth-order valence-corrected chi connectivity index (χ4v) is 4.62. The fourth-order valence-electron chi connectivity index (χ4n) is 3.46. The Morgan fingerprint density at radius 2 is 1.77 bits per heavy atom. The second kappa shape index (κ2) is 6.76. The van der Waals surface area contributed by atoms with Gasteiger partial charge in [-0.05, 0) is 18.2 Å². The van der Waals surface area contributed by atoms with E-state index < -0.39 is 0 Å². The SMILES string of the molecule is CC(C)C(=O)N1CCN(C(=O)c2cc3c(s2)-c2ccccc2OC3)CC1. The van der Waals surface area contributed by atoms with Gasteiger partial charge in [0.05, 0.1) is 4.88 Å². The summed E-state index contributed by atoms with van der Waals surface area (Å²) in [4.78, 5) is 30.6. The highest BCUT2D eigenvalue weighted by molar-refractivity contribution is 7.17. The summed E-state index contributed by atoms with van der Waals surface area (Å²) in [5.74, 6) is 1.10. The van der Waals surface area contributed by atoms with E-state index in [1.807, 2.05) is 54.0 Å². The monoisotopic (exact) mass is 370 g/mol. The van der Waals surface area contributed by atoms with Crippen LogP contribution in [-0.4, -0.2) is 47.8 Å². The molecule has 2 aromatic rings. The van der Waals surface area contributed by atoms with Crippen molar-refractivity contribution in [3.05, 3.63) is 40.8 Å². The van der Waals surface area contributed by atoms with Gasteiger partial charge in [-0.2, -0.15) is 0 Å². The maximum Gasteiger partial charge on any atom is 0.264 e. The highest BCUT2D eigenvalue weighted by atomic mass is 32.1. The summed E-state index contributed by atoms with van der Waals surface area (Å²) < 4.78 is 5.79. The van der Waals surface area contributed by atoms with Gasteiger partial charge in [-0.25, -0.2) is 0 Å². The van der Waals surface area contributed by atoms with Gasteiger partial charge in [-0.1, -0.05) is 26.0 Å². The van der Waals surface area contributed by atoms with Crippen LogP contribution in [0.3, 0.4) is 0 Å². The van der Waals surface area contributed by atoms with Gasteiger partial charge in [0.15, 0.2) is 0 Å². The minimum absolute atomic E-state index is 0.00124. The van der Waals surface area contributed by atoms with E-state index in [-0.39, 0.29) is 17.7 Å². The van der Waals surface area contributed by atoms with E-state index in [2.05, 4.69) is 0 Å². The topological polar surface area (TPSA) is 49.9 Å². The normalized spacial score (nSPS) is 16.1. The molecule has 1 aromatic heterocycles. The van der Waals surface area contributed by atoms with Crippen LogP contribution in [0.5, 0.6) is 5.75 Å². The van der Waals surface area contributed by atoms with Crippen LogP contribution in [0, 0.1) is 5.92 Å². The molecule has 136 valence electrons. The average molecular weight is 370 g/mol. The average Bonchev–Trinajstić information content (AvgIpc) is 3.11. The molecule has 0 atom stereocenters. The van der Waals surface area contributed by atoms with Gasteiger partial charge < -0.3 is 14.5 Å². The Morgan fingerprint density at radius 1 is 1.08 bits per heavy atom. The highest BCUT2D eigenvalue weighted by Crippen LogP contribution is 2.42. The minimum atomic E-state index is 0.00124. The Kier molecular flexibility index (Phi) is 4.44. The minimum Gasteiger partial charge on any atom is -0.488 e. The third-order valence-electron chi connectivity index (χ3n) is 4.91. The Labute approximate surface area is 157 Å². The van der Waals surface area contributed by atoms with Crippen molar-refractivity contribution < 1.29 is 14.3 Å². The van der Waals surface area contributed by atoms with Gasteiger partial charge >= 0.3 is 0 Å². The predicted octanol–water partition coefficient (Wildman–Crippen LogP) is 3.25. The van der Waals surface area contributed by atoms with Crippen molar-refractivity contribution in [2.24, 2.45) is 5.92 Å². The molecule has 1 fully saturated rings. The number of fused-ring (bicyclic) bond motifs is 3. The standard InChI is InChI=1S/C20H22N2O3S/c1-13(2)19(23)21-7-9-22(10-8-21)20(24)17-11-14-12-25-16-6-4-3-5-15(16)18(14)26-17/h3-6,11,13H,7-10,12H2,1-2H3. The molecule has 5 nitrogen and oxygen atoms in total. The van der Waals surface area contributed by atoms with Crippen molar-refractivity contribution in [1.29, 1.82) is 0 Å². The second-order valence-electron chi connectivity index (χ2n) is 7.02. The molecule has 1 saturated heterocycles. The molecule has 0 unspecified atom stereocenters. The summed E-state index contributed by atoms with van der Waals surface area (Å²) in [7, 11) is 0. The first-order valence-electron chi connectivity index (χ1n) is 8.97. The van der Waals surface area contributed by atoms with Gasteiger partial charge in [0.25, 0.3) is 5.91 Å². The second-order valence-corrected chi connectivity index (χ2v) is 8.07. The molecule has 2 aliphatic rings. The fraction of sp³-hybridized carbons (Fsp3) is 0.400. The number of thiophene rings is 1. The molecule has 1 aromatic carbocycles. The third kappa shape index (κ3) is 2.98. The number of amides is 2. The van der Waals surface area contributed by atoms with Crippen LogP contribution in [-0.2, 0) is 11.4 Å². The summed E-state index contributed by atoms with van der Waals surface area (Å²) >= 11 is 1.54. The van der Waals surface area contributed by atoms with E-state index in [4.69, 9.17) is 4.74 Å². The summed E-state index contributed by atoms with van der Waals surface area (Å²) in [6.07, 6.45) is 0. The molecule has 0 spiro atoms. The van der Waals surface area contributed by atoms with Crippen molar-refractivity contribution in [2.75, 3.05) is 26.2 Å². The first-order valence-corrected chi connectivity index (χ1v) is 9.79. The number of rotatable bonds is 2. The van der Waals surface area contributed by atoms with Crippen LogP contribution in [0.4, 0.5) is 0 Å². The number of benzene rings is 1. The zero-order valence-electron chi connectivity index (χ0n) is 15.0. The summed E-state index contributed by atoms with van der Waals surface area (Å²) in [5, 5.41) is 0. The summed E-state index contributed by atoms with van der Waals surface area (Å²) in [6, 6.07) is 9.91. The number of ether oxygens (including phenoxy) is 1. The molecule has 0 saturated carbocycles. The van der Waals surface area contributed by atoms with Crippen LogP contribution in [0.1, 0.15) is 29.1 Å². The maximum atomic E-state index is 12.9. The molecular formula is C20H22N2O3S. The smallest absolute Gasteiger partial charge is 0.264 e. The van der Waals surface area contributed by atoms with E-state index in [0.717, 1.165) is 26.6 Å². The van der Waals surface area contributed by atoms with Crippen LogP contribution < -0.4 is 4.74 Å². The van der Waals surface area contributed by atoms with Crippen LogP contribution >= 0.6 is 11.3 Å². The summed E-state index contributed by atoms with van der Waals surface area (Å²) in [5.41, 5.74) is 2.14. The predicted molar refractivity (Wildman–Crippen MR) is 101 cm³/mol. The zero-order valence-corrected chi connectivity index (χ0v) is 15.8. The Hall–Kier alpha value is -2.34. The molecule has 0 bridgehead atoms. The Bertz CT molecular complexity index is 850. The van der Waals surface area contributed by atoms with E-state index in [1.165, 1.54) is 0 Å². The number of hydrogen-bond donors (Lipinski definition) is 0. The van der Waals surface area contributed by atoms with E-state index in [9.17, 15) is 9.59 Å². The number of para-hydroxylation sites is 1. The van der Waals surface area contributed by atoms with Crippen molar-refractivity contribution in [3.63, 3.8) is 0 Å². The van der Waals surface area contributed by atoms with Crippen molar-refractivity contribution in [1.82, 2.24) is 9.80 Å². The van der Waals surface area contributed by atoms with E-state index in [1.54, 1.807) is 11.3 Å². The highest BCUT2D eigenvalue weighted by Gasteiger charge is 2.28. The zero-order chi connectivity index (χ0) is 18.3. The lowest BCUT2D eigenvalue weighted by molar-refractivity contribution is -0.135. The van der Waals surface area contributed by atoms with Gasteiger partial charge in [-0.15, -0.1) is 11.3 Å². The van der Waals surface area contributed by atoms with Gasteiger partial charge in [0.2, 0.25) is 5.91 Å². The quantitative estimate of drug-likeness (QED) is 0.815. The molecule has 2 aliphatic heterocycles. The number of nitrogens with zero attached hydrogens (tertiary/aromatic N) is 2. The maximum absolute atomic E-state index is 12.9. The largest absolute Gasteiger partial charge is 0.488 e. The van der Waals surface area contributed by atoms with Crippen molar-refractivity contribution in [3.8, 4) is 16.2 Å². The Balaban J connectivity index is 1.49. The van der Waals surface area contributed by atoms with Gasteiger partial charge in [0, 0.05) is 48.1 Å². The number of carbonyl (C=O) groups excluding carboxylic acids is 2. The van der Waals surface area contributed by atoms with E-state index in [0.29, 0.717) is 32.8 Å². The Morgan fingerprint density at radius 3 is 2.50 bits per heavy atom. The molecule has 0 N–H and O–H groups in total. The lowest BCUT2D eigenvalue weighted by atomic mass is 10.1. The number of hydrogen-bond acceptors (Lipinski definition) is 4. The molecule has 6 heteroatoms. The van der Waals surface area contributed by atoms with Gasteiger partial charge in [0.1, 0.15) is 12.4 Å². The molecule has 26 heavy (non-hydrogen) atoms. The molecule has 3 heterocycles. The van der Waals surface area contributed by atoms with Crippen LogP contribution in [0.15, 0.2) is 30.3 Å². The summed E-state index contributed by atoms with van der Waals surface area (Å²) in [6.45, 7) is 6.73. The molecule has 4 rings (SSSR count). The third-order valence-corrected chi connectivity index (χ3v) is 6.11. The number of piperazine rings is 1. The lowest BCUT2D eigenvalue weighted by Crippen LogP contribution is -2.51. The lowest BCUT2D eigenvalue weighted by Gasteiger charge is -2.35. The van der Waals surface area contributed by atoms with Gasteiger partial charge in [-0.3, -0.25) is 9.59 Å². The molecule has 2 amide bonds.